The number of nitrogens with one attached hydrogen (secondary N) is 3. The van der Waals surface area contributed by atoms with Crippen LogP contribution in [0, 0.1) is 18.8 Å². The van der Waals surface area contributed by atoms with Crippen LogP contribution in [0.2, 0.25) is 0 Å². The van der Waals surface area contributed by atoms with Crippen LogP contribution in [0.4, 0.5) is 16.3 Å². The number of likely N-dealkylation sites (tertiary alicyclic amines) is 1. The molecule has 1 aromatic rings. The highest BCUT2D eigenvalue weighted by Gasteiger charge is 2.38. The lowest BCUT2D eigenvalue weighted by Crippen LogP contribution is -2.55. The molecule has 0 aliphatic carbocycles. The summed E-state index contributed by atoms with van der Waals surface area (Å²) in [6.07, 6.45) is 4.99. The molecule has 33 heavy (non-hydrogen) atoms. The van der Waals surface area contributed by atoms with Gasteiger partial charge in [0, 0.05) is 12.6 Å². The van der Waals surface area contributed by atoms with E-state index < -0.39 is 23.5 Å². The van der Waals surface area contributed by atoms with Crippen molar-refractivity contribution < 1.29 is 19.1 Å². The van der Waals surface area contributed by atoms with Crippen molar-refractivity contribution in [3.8, 4) is 0 Å². The van der Waals surface area contributed by atoms with E-state index in [2.05, 4.69) is 27.9 Å². The fourth-order valence-electron chi connectivity index (χ4n) is 4.59. The molecule has 2 aliphatic heterocycles. The second-order valence-corrected chi connectivity index (χ2v) is 10.3. The van der Waals surface area contributed by atoms with Crippen LogP contribution < -0.4 is 16.0 Å². The van der Waals surface area contributed by atoms with Gasteiger partial charge in [0.2, 0.25) is 0 Å². The first kappa shape index (κ1) is 25.0. The van der Waals surface area contributed by atoms with Crippen molar-refractivity contribution in [2.75, 3.05) is 30.3 Å². The molecule has 9 nitrogen and oxygen atoms in total. The van der Waals surface area contributed by atoms with E-state index in [1.807, 2.05) is 0 Å². The molecular weight excluding hydrogens is 422 g/mol. The van der Waals surface area contributed by atoms with Crippen LogP contribution in [0.25, 0.3) is 0 Å². The lowest BCUT2D eigenvalue weighted by molar-refractivity contribution is -0.147. The van der Waals surface area contributed by atoms with Gasteiger partial charge in [-0.05, 0) is 89.9 Å². The monoisotopic (exact) mass is 459 g/mol. The molecule has 3 rings (SSSR count). The van der Waals surface area contributed by atoms with Gasteiger partial charge < -0.3 is 20.3 Å². The molecule has 3 N–H and O–H groups in total. The second-order valence-electron chi connectivity index (χ2n) is 10.3. The third-order valence-corrected chi connectivity index (χ3v) is 6.15. The minimum absolute atomic E-state index is 0.0903. The van der Waals surface area contributed by atoms with Crippen LogP contribution in [-0.2, 0) is 14.3 Å². The number of rotatable bonds is 3. The summed E-state index contributed by atoms with van der Waals surface area (Å²) in [5, 5.41) is 8.71. The third-order valence-electron chi connectivity index (χ3n) is 6.15. The number of hydrogen-bond acceptors (Lipinski definition) is 6. The summed E-state index contributed by atoms with van der Waals surface area (Å²) in [4.78, 5) is 44.0. The SMILES string of the molecule is Cc1cc(NC(=O)C(=O)N2C[C@@H](C)CC[C@@H]2[C@@H]2CCCNC2)cnc1NC(=O)OC(C)(C)C. The van der Waals surface area contributed by atoms with Gasteiger partial charge in [-0.3, -0.25) is 14.9 Å². The predicted octanol–water partition coefficient (Wildman–Crippen LogP) is 3.30. The fourth-order valence-corrected chi connectivity index (χ4v) is 4.59. The summed E-state index contributed by atoms with van der Waals surface area (Å²) in [6, 6.07) is 1.76. The third kappa shape index (κ3) is 6.90. The Bertz CT molecular complexity index is 876. The van der Waals surface area contributed by atoms with Crippen LogP contribution in [0.1, 0.15) is 58.9 Å². The number of anilines is 2. The number of amides is 3. The predicted molar refractivity (Wildman–Crippen MR) is 127 cm³/mol. The molecule has 0 unspecified atom stereocenters. The van der Waals surface area contributed by atoms with Crippen molar-refractivity contribution in [1.82, 2.24) is 15.2 Å². The molecule has 2 saturated heterocycles. The maximum absolute atomic E-state index is 13.1. The van der Waals surface area contributed by atoms with E-state index in [0.717, 1.165) is 38.8 Å². The first-order chi connectivity index (χ1) is 15.5. The van der Waals surface area contributed by atoms with Crippen molar-refractivity contribution >= 4 is 29.4 Å². The van der Waals surface area contributed by atoms with Gasteiger partial charge in [0.1, 0.15) is 11.4 Å². The molecule has 0 spiro atoms. The molecule has 0 radical (unpaired) electrons. The van der Waals surface area contributed by atoms with Crippen LogP contribution in [0.3, 0.4) is 0 Å². The molecule has 3 atom stereocenters. The normalized spacial score (nSPS) is 23.5. The van der Waals surface area contributed by atoms with E-state index >= 15 is 0 Å². The van der Waals surface area contributed by atoms with Gasteiger partial charge in [-0.15, -0.1) is 0 Å². The Morgan fingerprint density at radius 3 is 2.58 bits per heavy atom. The molecule has 9 heteroatoms. The summed E-state index contributed by atoms with van der Waals surface area (Å²) < 4.78 is 5.24. The number of aromatic nitrogens is 1. The maximum atomic E-state index is 13.1. The topological polar surface area (TPSA) is 113 Å². The quantitative estimate of drug-likeness (QED) is 0.598. The van der Waals surface area contributed by atoms with Gasteiger partial charge in [0.05, 0.1) is 11.9 Å². The Balaban J connectivity index is 1.65. The lowest BCUT2D eigenvalue weighted by Gasteiger charge is -2.43. The Kier molecular flexibility index (Phi) is 7.94. The Morgan fingerprint density at radius 2 is 1.94 bits per heavy atom. The van der Waals surface area contributed by atoms with Crippen molar-refractivity contribution in [3.63, 3.8) is 0 Å². The summed E-state index contributed by atoms with van der Waals surface area (Å²) in [6.45, 7) is 11.7. The molecule has 3 amide bonds. The Hall–Kier alpha value is -2.68. The van der Waals surface area contributed by atoms with Crippen molar-refractivity contribution in [3.05, 3.63) is 17.8 Å². The smallest absolute Gasteiger partial charge is 0.413 e. The summed E-state index contributed by atoms with van der Waals surface area (Å²) in [7, 11) is 0. The van der Waals surface area contributed by atoms with Gasteiger partial charge >= 0.3 is 17.9 Å². The number of ether oxygens (including phenoxy) is 1. The average molecular weight is 460 g/mol. The molecule has 2 fully saturated rings. The van der Waals surface area contributed by atoms with Gasteiger partial charge in [0.25, 0.3) is 0 Å². The zero-order valence-electron chi connectivity index (χ0n) is 20.4. The van der Waals surface area contributed by atoms with E-state index in [0.29, 0.717) is 35.4 Å². The second kappa shape index (κ2) is 10.5. The number of carbonyl (C=O) groups is 3. The highest BCUT2D eigenvalue weighted by molar-refractivity contribution is 6.39. The molecule has 1 aromatic heterocycles. The molecular formula is C24H37N5O4. The maximum Gasteiger partial charge on any atom is 0.413 e. The van der Waals surface area contributed by atoms with Crippen LogP contribution in [0.15, 0.2) is 12.3 Å². The standard InChI is InChI=1S/C24H37N5O4/c1-15-8-9-19(17-7-6-10-25-12-17)29(14-15)22(31)21(30)27-18-11-16(2)20(26-13-18)28-23(32)33-24(3,4)5/h11,13,15,17,19,25H,6-10,12,14H2,1-5H3,(H,27,30)(H,26,28,32)/t15-,17+,19+/m0/s1. The number of hydrogen-bond donors (Lipinski definition) is 3. The molecule has 3 heterocycles. The molecule has 182 valence electrons. The van der Waals surface area contributed by atoms with Gasteiger partial charge in [-0.1, -0.05) is 6.92 Å². The molecule has 0 aromatic carbocycles. The van der Waals surface area contributed by atoms with Crippen LogP contribution in [-0.4, -0.2) is 59.1 Å². The minimum atomic E-state index is -0.660. The van der Waals surface area contributed by atoms with Crippen molar-refractivity contribution in [2.24, 2.45) is 11.8 Å². The fraction of sp³-hybridized carbons (Fsp3) is 0.667. The number of piperidine rings is 2. The largest absolute Gasteiger partial charge is 0.444 e. The van der Waals surface area contributed by atoms with Crippen molar-refractivity contribution in [1.29, 1.82) is 0 Å². The summed E-state index contributed by atoms with van der Waals surface area (Å²) >= 11 is 0. The lowest BCUT2D eigenvalue weighted by atomic mass is 9.82. The highest BCUT2D eigenvalue weighted by Crippen LogP contribution is 2.30. The molecule has 0 bridgehead atoms. The zero-order chi connectivity index (χ0) is 24.2. The van der Waals surface area contributed by atoms with Crippen molar-refractivity contribution in [2.45, 2.75) is 71.9 Å². The number of pyridine rings is 1. The van der Waals surface area contributed by atoms with E-state index in [-0.39, 0.29) is 6.04 Å². The van der Waals surface area contributed by atoms with E-state index in [9.17, 15) is 14.4 Å². The number of nitrogens with zero attached hydrogens (tertiary/aromatic N) is 2. The number of aryl methyl sites for hydroxylation is 1. The van der Waals surface area contributed by atoms with Gasteiger partial charge in [-0.2, -0.15) is 0 Å². The first-order valence-corrected chi connectivity index (χ1v) is 11.8. The summed E-state index contributed by atoms with van der Waals surface area (Å²) in [5.74, 6) is -0.0669. The van der Waals surface area contributed by atoms with Gasteiger partial charge in [0.15, 0.2) is 0 Å². The van der Waals surface area contributed by atoms with Crippen LogP contribution in [0.5, 0.6) is 0 Å². The number of carbonyl (C=O) groups excluding carboxylic acids is 3. The zero-order valence-corrected chi connectivity index (χ0v) is 20.4. The first-order valence-electron chi connectivity index (χ1n) is 11.8. The average Bonchev–Trinajstić information content (AvgIpc) is 2.74. The van der Waals surface area contributed by atoms with Crippen LogP contribution >= 0.6 is 0 Å². The van der Waals surface area contributed by atoms with E-state index in [4.69, 9.17) is 4.74 Å². The van der Waals surface area contributed by atoms with E-state index in [1.165, 1.54) is 6.20 Å². The molecule has 2 aliphatic rings. The summed E-state index contributed by atoms with van der Waals surface area (Å²) in [5.41, 5.74) is 0.425. The Morgan fingerprint density at radius 1 is 1.18 bits per heavy atom. The molecule has 0 saturated carbocycles. The minimum Gasteiger partial charge on any atom is -0.444 e. The van der Waals surface area contributed by atoms with Gasteiger partial charge in [-0.25, -0.2) is 9.78 Å². The Labute approximate surface area is 196 Å². The van der Waals surface area contributed by atoms with E-state index in [1.54, 1.807) is 38.7 Å². The highest BCUT2D eigenvalue weighted by atomic mass is 16.6.